The maximum Gasteiger partial charge on any atom is 0.338 e. The van der Waals surface area contributed by atoms with Crippen molar-refractivity contribution in [3.05, 3.63) is 63.7 Å². The van der Waals surface area contributed by atoms with Crippen molar-refractivity contribution in [2.45, 2.75) is 25.3 Å². The normalized spacial score (nSPS) is 15.4. The highest BCUT2D eigenvalue weighted by Gasteiger charge is 2.29. The number of carbonyl (C=O) groups is 1. The number of hydrogen-bond donors (Lipinski definition) is 0. The molecule has 6 nitrogen and oxygen atoms in total. The fourth-order valence-corrected chi connectivity index (χ4v) is 4.84. The highest BCUT2D eigenvalue weighted by atomic mass is 35.5. The third-order valence-corrected chi connectivity index (χ3v) is 7.00. The number of sulfonamides is 1. The summed E-state index contributed by atoms with van der Waals surface area (Å²) in [6, 6.07) is 10.1. The van der Waals surface area contributed by atoms with Gasteiger partial charge in [0.25, 0.3) is 0 Å². The quantitative estimate of drug-likeness (QED) is 0.689. The Morgan fingerprint density at radius 2 is 1.86 bits per heavy atom. The van der Waals surface area contributed by atoms with Crippen LogP contribution in [0.2, 0.25) is 5.02 Å². The third kappa shape index (κ3) is 4.55. The molecule has 0 radical (unpaired) electrons. The monoisotopic (exact) mass is 423 g/mol. The van der Waals surface area contributed by atoms with E-state index in [-0.39, 0.29) is 35.2 Å². The average Bonchev–Trinajstić information content (AvgIpc) is 2.69. The molecular formula is C20H22ClNO5S. The molecule has 1 aliphatic rings. The minimum absolute atomic E-state index is 0.0672. The van der Waals surface area contributed by atoms with Crippen LogP contribution in [-0.2, 0) is 26.1 Å². The minimum atomic E-state index is -3.81. The SMILES string of the molecule is Cc1ccc(C)c(COC(=O)c2ccc(Cl)c(S(=O)(=O)N3CCOCC3)c2)c1. The first-order valence-corrected chi connectivity index (χ1v) is 10.7. The van der Waals surface area contributed by atoms with Crippen LogP contribution >= 0.6 is 11.6 Å². The summed E-state index contributed by atoms with van der Waals surface area (Å²) in [6.45, 7) is 5.17. The Bertz CT molecular complexity index is 984. The summed E-state index contributed by atoms with van der Waals surface area (Å²) in [5, 5.41) is 0.0672. The number of carbonyl (C=O) groups excluding carboxylic acids is 1. The van der Waals surface area contributed by atoms with Crippen molar-refractivity contribution >= 4 is 27.6 Å². The van der Waals surface area contributed by atoms with E-state index in [1.807, 2.05) is 32.0 Å². The number of ether oxygens (including phenoxy) is 2. The second-order valence-corrected chi connectivity index (χ2v) is 8.98. The number of hydrogen-bond acceptors (Lipinski definition) is 5. The van der Waals surface area contributed by atoms with Crippen molar-refractivity contribution < 1.29 is 22.7 Å². The Balaban J connectivity index is 1.80. The second-order valence-electron chi connectivity index (χ2n) is 6.67. The van der Waals surface area contributed by atoms with E-state index >= 15 is 0 Å². The number of morpholine rings is 1. The molecule has 150 valence electrons. The number of halogens is 1. The number of rotatable bonds is 5. The Morgan fingerprint density at radius 3 is 2.57 bits per heavy atom. The summed E-state index contributed by atoms with van der Waals surface area (Å²) in [5.74, 6) is -0.601. The van der Waals surface area contributed by atoms with Gasteiger partial charge in [-0.05, 0) is 43.2 Å². The van der Waals surface area contributed by atoms with E-state index in [0.29, 0.717) is 13.2 Å². The maximum atomic E-state index is 12.9. The van der Waals surface area contributed by atoms with Crippen molar-refractivity contribution in [1.29, 1.82) is 0 Å². The predicted molar refractivity (Wildman–Crippen MR) is 106 cm³/mol. The molecule has 0 aliphatic carbocycles. The first-order chi connectivity index (χ1) is 13.3. The summed E-state index contributed by atoms with van der Waals surface area (Å²) < 4.78 is 37.7. The van der Waals surface area contributed by atoms with Crippen LogP contribution in [0.15, 0.2) is 41.3 Å². The van der Waals surface area contributed by atoms with Gasteiger partial charge in [-0.15, -0.1) is 0 Å². The number of aryl methyl sites for hydroxylation is 2. The van der Waals surface area contributed by atoms with Gasteiger partial charge in [-0.25, -0.2) is 13.2 Å². The van der Waals surface area contributed by atoms with Gasteiger partial charge in [-0.1, -0.05) is 35.4 Å². The van der Waals surface area contributed by atoms with Crippen LogP contribution < -0.4 is 0 Å². The van der Waals surface area contributed by atoms with Crippen LogP contribution in [0, 0.1) is 13.8 Å². The zero-order valence-corrected chi connectivity index (χ0v) is 17.3. The van der Waals surface area contributed by atoms with Gasteiger partial charge < -0.3 is 9.47 Å². The lowest BCUT2D eigenvalue weighted by molar-refractivity contribution is 0.0471. The molecule has 1 fully saturated rings. The molecule has 0 saturated carbocycles. The predicted octanol–water partition coefficient (Wildman–Crippen LogP) is 3.33. The van der Waals surface area contributed by atoms with E-state index in [9.17, 15) is 13.2 Å². The molecule has 3 rings (SSSR count). The lowest BCUT2D eigenvalue weighted by atomic mass is 10.1. The van der Waals surface area contributed by atoms with Gasteiger partial charge in [0.2, 0.25) is 10.0 Å². The molecule has 28 heavy (non-hydrogen) atoms. The number of nitrogens with zero attached hydrogens (tertiary/aromatic N) is 1. The molecule has 0 atom stereocenters. The van der Waals surface area contributed by atoms with Gasteiger partial charge in [-0.3, -0.25) is 0 Å². The maximum absolute atomic E-state index is 12.9. The highest BCUT2D eigenvalue weighted by Crippen LogP contribution is 2.27. The molecule has 0 spiro atoms. The van der Waals surface area contributed by atoms with Crippen molar-refractivity contribution in [3.8, 4) is 0 Å². The Kier molecular flexibility index (Phi) is 6.40. The molecule has 1 heterocycles. The van der Waals surface area contributed by atoms with Crippen LogP contribution in [0.4, 0.5) is 0 Å². The molecule has 0 amide bonds. The molecular weight excluding hydrogens is 402 g/mol. The second kappa shape index (κ2) is 8.61. The van der Waals surface area contributed by atoms with Crippen LogP contribution in [0.25, 0.3) is 0 Å². The van der Waals surface area contributed by atoms with E-state index in [4.69, 9.17) is 21.1 Å². The summed E-state index contributed by atoms with van der Waals surface area (Å²) >= 11 is 6.13. The van der Waals surface area contributed by atoms with Crippen LogP contribution in [0.1, 0.15) is 27.0 Å². The van der Waals surface area contributed by atoms with E-state index in [1.54, 1.807) is 0 Å². The van der Waals surface area contributed by atoms with Crippen molar-refractivity contribution in [1.82, 2.24) is 4.31 Å². The zero-order valence-electron chi connectivity index (χ0n) is 15.8. The first-order valence-electron chi connectivity index (χ1n) is 8.90. The van der Waals surface area contributed by atoms with Crippen molar-refractivity contribution in [3.63, 3.8) is 0 Å². The Morgan fingerprint density at radius 1 is 1.14 bits per heavy atom. The molecule has 2 aromatic carbocycles. The smallest absolute Gasteiger partial charge is 0.338 e. The number of benzene rings is 2. The van der Waals surface area contributed by atoms with Gasteiger partial charge in [0.1, 0.15) is 11.5 Å². The summed E-state index contributed by atoms with van der Waals surface area (Å²) in [7, 11) is -3.81. The minimum Gasteiger partial charge on any atom is -0.457 e. The molecule has 0 unspecified atom stereocenters. The van der Waals surface area contributed by atoms with Crippen LogP contribution in [0.3, 0.4) is 0 Å². The molecule has 1 aliphatic heterocycles. The number of esters is 1. The van der Waals surface area contributed by atoms with E-state index < -0.39 is 16.0 Å². The molecule has 8 heteroatoms. The lowest BCUT2D eigenvalue weighted by Crippen LogP contribution is -2.40. The summed E-state index contributed by atoms with van der Waals surface area (Å²) in [5.41, 5.74) is 3.14. The van der Waals surface area contributed by atoms with Crippen LogP contribution in [0.5, 0.6) is 0 Å². The largest absolute Gasteiger partial charge is 0.457 e. The van der Waals surface area contributed by atoms with Gasteiger partial charge in [-0.2, -0.15) is 4.31 Å². The standard InChI is InChI=1S/C20H22ClNO5S/c1-14-3-4-15(2)17(11-14)13-27-20(23)16-5-6-18(21)19(12-16)28(24,25)22-7-9-26-10-8-22/h3-6,11-12H,7-10,13H2,1-2H3. The summed E-state index contributed by atoms with van der Waals surface area (Å²) in [4.78, 5) is 12.4. The van der Waals surface area contributed by atoms with E-state index in [0.717, 1.165) is 16.7 Å². The topological polar surface area (TPSA) is 72.9 Å². The van der Waals surface area contributed by atoms with E-state index in [1.165, 1.54) is 22.5 Å². The fraction of sp³-hybridized carbons (Fsp3) is 0.350. The van der Waals surface area contributed by atoms with Crippen molar-refractivity contribution in [2.75, 3.05) is 26.3 Å². The Labute approximate surface area is 170 Å². The van der Waals surface area contributed by atoms with Gasteiger partial charge >= 0.3 is 5.97 Å². The van der Waals surface area contributed by atoms with Crippen LogP contribution in [-0.4, -0.2) is 45.0 Å². The van der Waals surface area contributed by atoms with Gasteiger partial charge in [0.15, 0.2) is 0 Å². The molecule has 0 N–H and O–H groups in total. The highest BCUT2D eigenvalue weighted by molar-refractivity contribution is 7.89. The molecule has 0 bridgehead atoms. The zero-order chi connectivity index (χ0) is 20.3. The van der Waals surface area contributed by atoms with E-state index in [2.05, 4.69) is 0 Å². The first kappa shape index (κ1) is 20.8. The Hall–Kier alpha value is -1.93. The molecule has 0 aromatic heterocycles. The van der Waals surface area contributed by atoms with Gasteiger partial charge in [0.05, 0.1) is 23.8 Å². The van der Waals surface area contributed by atoms with Crippen molar-refractivity contribution in [2.24, 2.45) is 0 Å². The third-order valence-electron chi connectivity index (χ3n) is 4.62. The lowest BCUT2D eigenvalue weighted by Gasteiger charge is -2.26. The summed E-state index contributed by atoms with van der Waals surface area (Å²) in [6.07, 6.45) is 0. The molecule has 2 aromatic rings. The molecule has 1 saturated heterocycles. The fourth-order valence-electron chi connectivity index (χ4n) is 2.94. The van der Waals surface area contributed by atoms with Gasteiger partial charge in [0, 0.05) is 13.1 Å². The average molecular weight is 424 g/mol.